The molecule has 136 valence electrons. The van der Waals surface area contributed by atoms with Gasteiger partial charge in [-0.15, -0.1) is 81.5 Å². The molecule has 26 heavy (non-hydrogen) atoms. The Labute approximate surface area is 186 Å². The second kappa shape index (κ2) is 11.9. The normalized spacial score (nSPS) is 10.3. The summed E-state index contributed by atoms with van der Waals surface area (Å²) >= 11 is 11.6. The van der Waals surface area contributed by atoms with Crippen LogP contribution in [0.2, 0.25) is 12.1 Å². The average Bonchev–Trinajstić information content (AvgIpc) is 3.31. The summed E-state index contributed by atoms with van der Waals surface area (Å²) in [5.41, 5.74) is 0. The van der Waals surface area contributed by atoms with Gasteiger partial charge in [0.25, 0.3) is 6.69 Å². The predicted molar refractivity (Wildman–Crippen MR) is 118 cm³/mol. The molecule has 0 bridgehead atoms. The van der Waals surface area contributed by atoms with Crippen LogP contribution in [0.1, 0.15) is 13.8 Å². The van der Waals surface area contributed by atoms with Crippen LogP contribution in [0, 0.1) is 0 Å². The van der Waals surface area contributed by atoms with Gasteiger partial charge in [-0.25, -0.2) is 0 Å². The van der Waals surface area contributed by atoms with E-state index >= 15 is 0 Å². The van der Waals surface area contributed by atoms with Crippen LogP contribution in [0.15, 0.2) is 84.9 Å². The molecule has 4 aromatic rings. The summed E-state index contributed by atoms with van der Waals surface area (Å²) < 4.78 is 0. The van der Waals surface area contributed by atoms with Crippen LogP contribution in [0.4, 0.5) is 0 Å². The maximum atomic E-state index is 5.81. The molecular formula is C22H24Cl2HfSi-2. The first-order valence-electron chi connectivity index (χ1n) is 8.64. The summed E-state index contributed by atoms with van der Waals surface area (Å²) in [4.78, 5) is 0. The minimum Gasteiger partial charge on any atom is -0.168 e. The van der Waals surface area contributed by atoms with Crippen molar-refractivity contribution in [3.05, 3.63) is 84.9 Å². The van der Waals surface area contributed by atoms with Crippen LogP contribution < -0.4 is 0 Å². The fourth-order valence-electron chi connectivity index (χ4n) is 2.39. The maximum absolute atomic E-state index is 5.81. The van der Waals surface area contributed by atoms with E-state index in [0.29, 0.717) is 0 Å². The fraction of sp³-hybridized carbons (Fsp3) is 0.182. The van der Waals surface area contributed by atoms with E-state index in [4.69, 9.17) is 22.2 Å². The number of benzene rings is 2. The van der Waals surface area contributed by atoms with E-state index in [9.17, 15) is 0 Å². The van der Waals surface area contributed by atoms with Gasteiger partial charge in [0.05, 0.1) is 0 Å². The molecule has 0 saturated carbocycles. The molecule has 0 radical (unpaired) electrons. The number of hydrogen-bond acceptors (Lipinski definition) is 0. The number of hydrogen-bond donors (Lipinski definition) is 0. The quantitative estimate of drug-likeness (QED) is 0.131. The van der Waals surface area contributed by atoms with E-state index in [-0.39, 0.29) is 25.8 Å². The Morgan fingerprint density at radius 1 is 0.692 bits per heavy atom. The summed E-state index contributed by atoms with van der Waals surface area (Å²) in [7, 11) is 0. The van der Waals surface area contributed by atoms with Gasteiger partial charge in [-0.05, 0) is 12.1 Å². The van der Waals surface area contributed by atoms with Crippen molar-refractivity contribution in [3.63, 3.8) is 0 Å². The SMILES string of the molecule is CC[Si](Cl)(Cl)CC.[Hf].c1ccc2[cH-]ccc2c1.c1ccc2[cH-]ccc2c1. The number of fused-ring (bicyclic) bond motifs is 2. The van der Waals surface area contributed by atoms with Crippen molar-refractivity contribution in [3.8, 4) is 0 Å². The largest absolute Gasteiger partial charge is 0.250 e. The Morgan fingerprint density at radius 2 is 1.08 bits per heavy atom. The first kappa shape index (κ1) is 23.4. The van der Waals surface area contributed by atoms with Crippen LogP contribution in [-0.4, -0.2) is 6.69 Å². The summed E-state index contributed by atoms with van der Waals surface area (Å²) in [6.07, 6.45) is 0. The molecule has 0 amide bonds. The second-order valence-electron chi connectivity index (χ2n) is 5.87. The van der Waals surface area contributed by atoms with Crippen molar-refractivity contribution in [1.82, 2.24) is 0 Å². The van der Waals surface area contributed by atoms with Gasteiger partial charge in [0.1, 0.15) is 0 Å². The minimum absolute atomic E-state index is 0. The zero-order valence-electron chi connectivity index (χ0n) is 15.3. The zero-order valence-corrected chi connectivity index (χ0v) is 21.4. The molecule has 0 unspecified atom stereocenters. The second-order valence-corrected chi connectivity index (χ2v) is 13.9. The van der Waals surface area contributed by atoms with Gasteiger partial charge in [-0.2, -0.15) is 35.0 Å². The molecule has 0 nitrogen and oxygen atoms in total. The standard InChI is InChI=1S/2C9H7.C4H10Cl2Si.Hf/c2*1-2-5-9-7-3-6-8(9)4-1;1-3-7(5,6)4-2;/h2*1-7H;3-4H2,1-2H3;/q2*-1;;. The van der Waals surface area contributed by atoms with Gasteiger partial charge in [-0.1, -0.05) is 26.0 Å². The molecule has 0 saturated heterocycles. The van der Waals surface area contributed by atoms with Gasteiger partial charge in [0.2, 0.25) is 0 Å². The third kappa shape index (κ3) is 7.52. The third-order valence-electron chi connectivity index (χ3n) is 4.13. The molecule has 4 aromatic carbocycles. The van der Waals surface area contributed by atoms with Gasteiger partial charge < -0.3 is 0 Å². The molecular weight excluding hydrogens is 542 g/mol. The van der Waals surface area contributed by atoms with Crippen LogP contribution >= 0.6 is 22.2 Å². The Kier molecular flexibility index (Phi) is 10.7. The molecule has 0 fully saturated rings. The van der Waals surface area contributed by atoms with Crippen molar-refractivity contribution in [2.45, 2.75) is 25.9 Å². The molecule has 0 aromatic heterocycles. The van der Waals surface area contributed by atoms with Crippen molar-refractivity contribution in [2.75, 3.05) is 0 Å². The van der Waals surface area contributed by atoms with E-state index in [0.717, 1.165) is 12.1 Å². The van der Waals surface area contributed by atoms with Crippen molar-refractivity contribution >= 4 is 50.4 Å². The molecule has 0 N–H and O–H groups in total. The predicted octanol–water partition coefficient (Wildman–Crippen LogP) is 8.06. The third-order valence-corrected chi connectivity index (χ3v) is 9.41. The maximum Gasteiger partial charge on any atom is 0.250 e. The minimum atomic E-state index is -1.71. The Hall–Kier alpha value is -0.673. The topological polar surface area (TPSA) is 0 Å². The van der Waals surface area contributed by atoms with Crippen LogP contribution in [0.5, 0.6) is 0 Å². The van der Waals surface area contributed by atoms with Gasteiger partial charge in [0, 0.05) is 25.8 Å². The first-order valence-corrected chi connectivity index (χ1v) is 13.1. The van der Waals surface area contributed by atoms with E-state index < -0.39 is 6.69 Å². The molecule has 0 heterocycles. The Bertz CT molecular complexity index is 747. The monoisotopic (exact) mass is 566 g/mol. The molecule has 4 rings (SSSR count). The van der Waals surface area contributed by atoms with E-state index in [1.165, 1.54) is 21.5 Å². The summed E-state index contributed by atoms with van der Waals surface area (Å²) in [5.74, 6) is 0. The number of rotatable bonds is 2. The number of halogens is 2. The van der Waals surface area contributed by atoms with Gasteiger partial charge >= 0.3 is 0 Å². The van der Waals surface area contributed by atoms with Crippen molar-refractivity contribution in [2.24, 2.45) is 0 Å². The smallest absolute Gasteiger partial charge is 0.168 e. The van der Waals surface area contributed by atoms with Crippen LogP contribution in [0.3, 0.4) is 0 Å². The Morgan fingerprint density at radius 3 is 1.38 bits per heavy atom. The summed E-state index contributed by atoms with van der Waals surface area (Å²) in [6, 6.07) is 31.3. The molecule has 0 aliphatic heterocycles. The van der Waals surface area contributed by atoms with Gasteiger partial charge in [-0.3, -0.25) is 0 Å². The molecule has 4 heteroatoms. The van der Waals surface area contributed by atoms with E-state index in [1.807, 2.05) is 13.8 Å². The van der Waals surface area contributed by atoms with Crippen LogP contribution in [0.25, 0.3) is 21.5 Å². The molecule has 0 aliphatic carbocycles. The Balaban J connectivity index is 0.000000194. The summed E-state index contributed by atoms with van der Waals surface area (Å²) in [5, 5.41) is 5.32. The average molecular weight is 566 g/mol. The molecule has 0 atom stereocenters. The van der Waals surface area contributed by atoms with Gasteiger partial charge in [0.15, 0.2) is 0 Å². The van der Waals surface area contributed by atoms with E-state index in [1.54, 1.807) is 0 Å². The fourth-order valence-corrected chi connectivity index (χ4v) is 2.89. The molecule has 0 aliphatic rings. The molecule has 0 spiro atoms. The van der Waals surface area contributed by atoms with E-state index in [2.05, 4.69) is 84.9 Å². The zero-order chi connectivity index (χ0) is 18.1. The van der Waals surface area contributed by atoms with Crippen LogP contribution in [-0.2, 0) is 25.8 Å². The first-order chi connectivity index (χ1) is 12.1. The van der Waals surface area contributed by atoms with Crippen molar-refractivity contribution < 1.29 is 25.8 Å². The summed E-state index contributed by atoms with van der Waals surface area (Å²) in [6.45, 7) is 2.37. The van der Waals surface area contributed by atoms with Crippen molar-refractivity contribution in [1.29, 1.82) is 0 Å².